The number of nitrogens with zero attached hydrogens (tertiary/aromatic N) is 6. The van der Waals surface area contributed by atoms with Gasteiger partial charge in [-0.1, -0.05) is 11.3 Å². The van der Waals surface area contributed by atoms with Crippen molar-refractivity contribution in [2.75, 3.05) is 18.4 Å². The van der Waals surface area contributed by atoms with E-state index >= 15 is 0 Å². The molecule has 1 N–H and O–H groups in total. The Balaban J connectivity index is 1.41. The topological polar surface area (TPSA) is 106 Å². The predicted molar refractivity (Wildman–Crippen MR) is 98.5 cm³/mol. The number of hydrogen-bond acceptors (Lipinski definition) is 7. The van der Waals surface area contributed by atoms with Gasteiger partial charge in [0.1, 0.15) is 17.7 Å². The summed E-state index contributed by atoms with van der Waals surface area (Å²) in [5, 5.41) is 10.8. The number of carbonyl (C=O) groups is 2. The minimum atomic E-state index is -0.259. The summed E-state index contributed by atoms with van der Waals surface area (Å²) in [5.41, 5.74) is 2.07. The number of carbonyl (C=O) groups excluding carboxylic acids is 2. The van der Waals surface area contributed by atoms with Crippen LogP contribution in [-0.2, 0) is 4.79 Å². The molecule has 0 aliphatic carbocycles. The molecule has 2 amide bonds. The molecule has 1 aliphatic heterocycles. The summed E-state index contributed by atoms with van der Waals surface area (Å²) in [7, 11) is 0. The molecule has 0 bridgehead atoms. The molecule has 3 aromatic rings. The summed E-state index contributed by atoms with van der Waals surface area (Å²) in [6.07, 6.45) is 8.18. The smallest absolute Gasteiger partial charge is 0.255 e. The summed E-state index contributed by atoms with van der Waals surface area (Å²) in [6.45, 7) is 1.01. The molecular formula is C17H17N7O2S. The van der Waals surface area contributed by atoms with Gasteiger partial charge in [-0.05, 0) is 25.0 Å². The third-order valence-electron chi connectivity index (χ3n) is 4.43. The number of rotatable bonds is 4. The van der Waals surface area contributed by atoms with Crippen molar-refractivity contribution in [3.63, 3.8) is 0 Å². The second kappa shape index (κ2) is 7.62. The summed E-state index contributed by atoms with van der Waals surface area (Å²) in [4.78, 5) is 35.2. The highest BCUT2D eigenvalue weighted by molar-refractivity contribution is 7.13. The van der Waals surface area contributed by atoms with Crippen LogP contribution in [0.15, 0.2) is 42.6 Å². The van der Waals surface area contributed by atoms with Crippen LogP contribution in [0.3, 0.4) is 0 Å². The van der Waals surface area contributed by atoms with Crippen molar-refractivity contribution in [3.05, 3.63) is 48.1 Å². The molecule has 1 fully saturated rings. The van der Waals surface area contributed by atoms with Crippen LogP contribution in [0.25, 0.3) is 5.82 Å². The third kappa shape index (κ3) is 3.85. The monoisotopic (exact) mass is 383 g/mol. The average molecular weight is 383 g/mol. The molecule has 0 spiro atoms. The zero-order valence-corrected chi connectivity index (χ0v) is 15.2. The first-order valence-electron chi connectivity index (χ1n) is 8.51. The lowest BCUT2D eigenvalue weighted by Gasteiger charge is -2.31. The van der Waals surface area contributed by atoms with Gasteiger partial charge in [-0.15, -0.1) is 10.2 Å². The van der Waals surface area contributed by atoms with E-state index in [9.17, 15) is 9.59 Å². The first-order chi connectivity index (χ1) is 13.2. The number of likely N-dealkylation sites (tertiary alicyclic amines) is 1. The fraction of sp³-hybridized carbons (Fsp3) is 0.294. The molecule has 138 valence electrons. The second-order valence-corrected chi connectivity index (χ2v) is 7.03. The lowest BCUT2D eigenvalue weighted by Crippen LogP contribution is -2.43. The minimum absolute atomic E-state index is 0.118. The molecule has 4 heterocycles. The zero-order valence-electron chi connectivity index (χ0n) is 14.4. The van der Waals surface area contributed by atoms with Gasteiger partial charge in [0.05, 0.1) is 11.5 Å². The van der Waals surface area contributed by atoms with Crippen LogP contribution in [-0.4, -0.2) is 54.5 Å². The summed E-state index contributed by atoms with van der Waals surface area (Å²) < 4.78 is 1.77. The number of anilines is 1. The third-order valence-corrected chi connectivity index (χ3v) is 5.04. The molecular weight excluding hydrogens is 366 g/mol. The molecule has 0 saturated carbocycles. The fourth-order valence-electron chi connectivity index (χ4n) is 3.05. The maximum absolute atomic E-state index is 12.8. The highest BCUT2D eigenvalue weighted by Gasteiger charge is 2.29. The SMILES string of the molecule is O=C(Nc1nncs1)[C@@H]1CCCN(C(=O)c2ccc(-n3ccnc3)nc2)C1. The van der Waals surface area contributed by atoms with Gasteiger partial charge in [0, 0.05) is 31.7 Å². The van der Waals surface area contributed by atoms with Gasteiger partial charge in [-0.25, -0.2) is 9.97 Å². The number of aromatic nitrogens is 5. The van der Waals surface area contributed by atoms with Crippen molar-refractivity contribution >= 4 is 28.3 Å². The largest absolute Gasteiger partial charge is 0.338 e. The fourth-order valence-corrected chi connectivity index (χ4v) is 3.50. The Morgan fingerprint density at radius 2 is 2.22 bits per heavy atom. The van der Waals surface area contributed by atoms with Crippen LogP contribution >= 0.6 is 11.3 Å². The van der Waals surface area contributed by atoms with Gasteiger partial charge in [-0.3, -0.25) is 14.2 Å². The van der Waals surface area contributed by atoms with E-state index in [0.29, 0.717) is 29.6 Å². The molecule has 9 nitrogen and oxygen atoms in total. The number of amides is 2. The quantitative estimate of drug-likeness (QED) is 0.734. The predicted octanol–water partition coefficient (Wildman–Crippen LogP) is 1.61. The lowest BCUT2D eigenvalue weighted by molar-refractivity contribution is -0.121. The molecule has 3 aromatic heterocycles. The molecule has 0 unspecified atom stereocenters. The summed E-state index contributed by atoms with van der Waals surface area (Å²) in [6, 6.07) is 3.52. The number of pyridine rings is 1. The molecule has 4 rings (SSSR count). The highest BCUT2D eigenvalue weighted by Crippen LogP contribution is 2.21. The maximum atomic E-state index is 12.8. The van der Waals surface area contributed by atoms with Gasteiger partial charge in [0.15, 0.2) is 0 Å². The first kappa shape index (κ1) is 17.3. The van der Waals surface area contributed by atoms with Crippen LogP contribution in [0.4, 0.5) is 5.13 Å². The van der Waals surface area contributed by atoms with Crippen LogP contribution in [0.2, 0.25) is 0 Å². The second-order valence-electron chi connectivity index (χ2n) is 6.20. The Hall–Kier alpha value is -3.14. The molecule has 1 saturated heterocycles. The minimum Gasteiger partial charge on any atom is -0.338 e. The Kier molecular flexibility index (Phi) is 4.88. The Morgan fingerprint density at radius 3 is 2.93 bits per heavy atom. The lowest BCUT2D eigenvalue weighted by atomic mass is 9.96. The molecule has 1 aliphatic rings. The van der Waals surface area contributed by atoms with E-state index in [1.165, 1.54) is 11.3 Å². The average Bonchev–Trinajstić information content (AvgIpc) is 3.42. The van der Waals surface area contributed by atoms with E-state index < -0.39 is 0 Å². The van der Waals surface area contributed by atoms with E-state index in [-0.39, 0.29) is 17.7 Å². The van der Waals surface area contributed by atoms with E-state index in [4.69, 9.17) is 0 Å². The van der Waals surface area contributed by atoms with Crippen LogP contribution in [0, 0.1) is 5.92 Å². The van der Waals surface area contributed by atoms with Crippen molar-refractivity contribution < 1.29 is 9.59 Å². The van der Waals surface area contributed by atoms with E-state index in [1.54, 1.807) is 52.0 Å². The van der Waals surface area contributed by atoms with E-state index in [2.05, 4.69) is 25.5 Å². The van der Waals surface area contributed by atoms with Gasteiger partial charge < -0.3 is 10.2 Å². The van der Waals surface area contributed by atoms with Gasteiger partial charge in [0.2, 0.25) is 11.0 Å². The number of nitrogens with one attached hydrogen (secondary N) is 1. The first-order valence-corrected chi connectivity index (χ1v) is 9.39. The van der Waals surface area contributed by atoms with Crippen molar-refractivity contribution in [3.8, 4) is 5.82 Å². The van der Waals surface area contributed by atoms with Crippen molar-refractivity contribution in [2.24, 2.45) is 5.92 Å². The Labute approximate surface area is 159 Å². The van der Waals surface area contributed by atoms with Gasteiger partial charge in [0.25, 0.3) is 5.91 Å². The zero-order chi connectivity index (χ0) is 18.6. The van der Waals surface area contributed by atoms with Crippen LogP contribution in [0.5, 0.6) is 0 Å². The normalized spacial score (nSPS) is 16.9. The number of piperidine rings is 1. The van der Waals surface area contributed by atoms with E-state index in [0.717, 1.165) is 12.8 Å². The highest BCUT2D eigenvalue weighted by atomic mass is 32.1. The molecule has 0 aromatic carbocycles. The summed E-state index contributed by atoms with van der Waals surface area (Å²) in [5.74, 6) is 0.188. The number of imidazole rings is 1. The maximum Gasteiger partial charge on any atom is 0.255 e. The molecule has 10 heteroatoms. The molecule has 0 radical (unpaired) electrons. The Bertz CT molecular complexity index is 909. The van der Waals surface area contributed by atoms with Crippen LogP contribution in [0.1, 0.15) is 23.2 Å². The van der Waals surface area contributed by atoms with Crippen LogP contribution < -0.4 is 5.32 Å². The molecule has 1 atom stereocenters. The van der Waals surface area contributed by atoms with Gasteiger partial charge in [-0.2, -0.15) is 0 Å². The van der Waals surface area contributed by atoms with Crippen molar-refractivity contribution in [1.29, 1.82) is 0 Å². The Morgan fingerprint density at radius 1 is 1.30 bits per heavy atom. The van der Waals surface area contributed by atoms with Gasteiger partial charge >= 0.3 is 0 Å². The van der Waals surface area contributed by atoms with Crippen molar-refractivity contribution in [2.45, 2.75) is 12.8 Å². The summed E-state index contributed by atoms with van der Waals surface area (Å²) >= 11 is 1.27. The molecule has 27 heavy (non-hydrogen) atoms. The standard InChI is InChI=1S/C17H17N7O2S/c25-15(21-17-22-20-11-27-17)13-2-1-6-23(9-13)16(26)12-3-4-14(19-8-12)24-7-5-18-10-24/h3-5,7-8,10-11,13H,1-2,6,9H2,(H,21,22,25)/t13-/m1/s1. The van der Waals surface area contributed by atoms with E-state index in [1.807, 2.05) is 0 Å². The van der Waals surface area contributed by atoms with Crippen molar-refractivity contribution in [1.82, 2.24) is 29.6 Å². The number of hydrogen-bond donors (Lipinski definition) is 1.